The van der Waals surface area contributed by atoms with E-state index in [9.17, 15) is 4.79 Å². The van der Waals surface area contributed by atoms with Gasteiger partial charge >= 0.3 is 0 Å². The van der Waals surface area contributed by atoms with Gasteiger partial charge in [0.1, 0.15) is 5.75 Å². The first-order chi connectivity index (χ1) is 12.1. The number of hydrogen-bond acceptors (Lipinski definition) is 3. The molecule has 0 aliphatic carbocycles. The van der Waals surface area contributed by atoms with Crippen molar-refractivity contribution >= 4 is 16.8 Å². The minimum absolute atomic E-state index is 0.0123. The van der Waals surface area contributed by atoms with Crippen LogP contribution in [-0.2, 0) is 17.9 Å². The van der Waals surface area contributed by atoms with Crippen molar-refractivity contribution in [2.45, 2.75) is 26.9 Å². The number of fused-ring (bicyclic) bond motifs is 1. The van der Waals surface area contributed by atoms with E-state index in [0.717, 1.165) is 23.2 Å². The Morgan fingerprint density at radius 2 is 2.16 bits per heavy atom. The Morgan fingerprint density at radius 1 is 1.28 bits per heavy atom. The van der Waals surface area contributed by atoms with E-state index < -0.39 is 0 Å². The number of imidazole rings is 1. The lowest BCUT2D eigenvalue weighted by Crippen LogP contribution is -2.31. The molecule has 1 N–H and O–H groups in total. The van der Waals surface area contributed by atoms with Gasteiger partial charge < -0.3 is 19.2 Å². The predicted octanol–water partition coefficient (Wildman–Crippen LogP) is 2.69. The van der Waals surface area contributed by atoms with Crippen LogP contribution in [0, 0.1) is 5.92 Å². The van der Waals surface area contributed by atoms with Gasteiger partial charge in [-0.2, -0.15) is 0 Å². The molecule has 2 heterocycles. The highest BCUT2D eigenvalue weighted by Crippen LogP contribution is 2.27. The molecule has 0 saturated heterocycles. The number of hydrogen-bond donors (Lipinski definition) is 1. The number of carbonyl (C=O) groups is 1. The van der Waals surface area contributed by atoms with Crippen molar-refractivity contribution < 1.29 is 9.53 Å². The van der Waals surface area contributed by atoms with Gasteiger partial charge in [0.25, 0.3) is 5.91 Å². The Labute approximate surface area is 147 Å². The van der Waals surface area contributed by atoms with Gasteiger partial charge in [0.2, 0.25) is 0 Å². The van der Waals surface area contributed by atoms with Gasteiger partial charge in [-0.05, 0) is 24.1 Å². The van der Waals surface area contributed by atoms with Crippen molar-refractivity contribution in [2.24, 2.45) is 5.92 Å². The molecule has 0 unspecified atom stereocenters. The highest BCUT2D eigenvalue weighted by molar-refractivity contribution is 5.87. The molecular formula is C19H24N4O2. The minimum Gasteiger partial charge on any atom is -0.483 e. The third-order valence-corrected chi connectivity index (χ3v) is 3.95. The minimum atomic E-state index is -0.126. The van der Waals surface area contributed by atoms with Gasteiger partial charge in [-0.15, -0.1) is 0 Å². The zero-order chi connectivity index (χ0) is 17.6. The molecule has 0 saturated carbocycles. The summed E-state index contributed by atoms with van der Waals surface area (Å²) in [7, 11) is 0. The second-order valence-electron chi connectivity index (χ2n) is 6.49. The van der Waals surface area contributed by atoms with E-state index in [1.165, 1.54) is 0 Å². The Hall–Kier alpha value is -2.76. The number of aromatic nitrogens is 3. The first-order valence-electron chi connectivity index (χ1n) is 8.56. The van der Waals surface area contributed by atoms with Crippen molar-refractivity contribution in [2.75, 3.05) is 13.2 Å². The van der Waals surface area contributed by atoms with Crippen LogP contribution in [0.25, 0.3) is 10.9 Å². The smallest absolute Gasteiger partial charge is 0.258 e. The standard InChI is InChI=1S/C19H24N4O2/c1-15(2)12-23-9-6-16-17(23)4-3-5-18(16)25-13-19(24)21-8-11-22-10-7-20-14-22/h3-7,9-10,14-15H,8,11-13H2,1-2H3,(H,21,24). The summed E-state index contributed by atoms with van der Waals surface area (Å²) < 4.78 is 9.88. The van der Waals surface area contributed by atoms with E-state index >= 15 is 0 Å². The molecule has 0 bridgehead atoms. The lowest BCUT2D eigenvalue weighted by Gasteiger charge is -2.11. The van der Waals surface area contributed by atoms with E-state index in [0.29, 0.717) is 19.0 Å². The highest BCUT2D eigenvalue weighted by atomic mass is 16.5. The molecular weight excluding hydrogens is 316 g/mol. The molecule has 1 amide bonds. The summed E-state index contributed by atoms with van der Waals surface area (Å²) in [6, 6.07) is 7.99. The van der Waals surface area contributed by atoms with Crippen LogP contribution in [0.5, 0.6) is 5.75 Å². The Balaban J connectivity index is 1.55. The van der Waals surface area contributed by atoms with Crippen LogP contribution in [0.4, 0.5) is 0 Å². The van der Waals surface area contributed by atoms with Crippen molar-refractivity contribution in [3.8, 4) is 5.75 Å². The van der Waals surface area contributed by atoms with Crippen molar-refractivity contribution in [3.63, 3.8) is 0 Å². The average molecular weight is 340 g/mol. The van der Waals surface area contributed by atoms with Crippen LogP contribution < -0.4 is 10.1 Å². The number of ether oxygens (including phenoxy) is 1. The monoisotopic (exact) mass is 340 g/mol. The van der Waals surface area contributed by atoms with Gasteiger partial charge in [0.05, 0.1) is 11.8 Å². The third-order valence-electron chi connectivity index (χ3n) is 3.95. The molecule has 132 valence electrons. The first kappa shape index (κ1) is 17.1. The zero-order valence-corrected chi connectivity index (χ0v) is 14.7. The Bertz CT molecular complexity index is 821. The maximum Gasteiger partial charge on any atom is 0.258 e. The lowest BCUT2D eigenvalue weighted by molar-refractivity contribution is -0.123. The first-order valence-corrected chi connectivity index (χ1v) is 8.56. The molecule has 0 fully saturated rings. The summed E-state index contributed by atoms with van der Waals surface area (Å²) in [6.45, 7) is 6.60. The Morgan fingerprint density at radius 3 is 2.92 bits per heavy atom. The van der Waals surface area contributed by atoms with Crippen LogP contribution >= 0.6 is 0 Å². The number of rotatable bonds is 8. The molecule has 0 radical (unpaired) electrons. The maximum absolute atomic E-state index is 12.0. The third kappa shape index (κ3) is 4.41. The number of amides is 1. The normalized spacial score (nSPS) is 11.2. The van der Waals surface area contributed by atoms with Crippen molar-refractivity contribution in [3.05, 3.63) is 49.2 Å². The molecule has 2 aromatic heterocycles. The van der Waals surface area contributed by atoms with Gasteiger partial charge in [-0.1, -0.05) is 19.9 Å². The van der Waals surface area contributed by atoms with Gasteiger partial charge in [-0.25, -0.2) is 4.98 Å². The van der Waals surface area contributed by atoms with Crippen molar-refractivity contribution in [1.29, 1.82) is 0 Å². The fraction of sp³-hybridized carbons (Fsp3) is 0.368. The molecule has 0 spiro atoms. The summed E-state index contributed by atoms with van der Waals surface area (Å²) in [5.74, 6) is 1.19. The van der Waals surface area contributed by atoms with Gasteiger partial charge in [0, 0.05) is 43.6 Å². The van der Waals surface area contributed by atoms with Crippen LogP contribution in [0.3, 0.4) is 0 Å². The summed E-state index contributed by atoms with van der Waals surface area (Å²) in [5.41, 5.74) is 1.13. The number of nitrogens with one attached hydrogen (secondary N) is 1. The summed E-state index contributed by atoms with van der Waals surface area (Å²) in [5, 5.41) is 3.89. The zero-order valence-electron chi connectivity index (χ0n) is 14.7. The molecule has 0 aliphatic heterocycles. The number of carbonyl (C=O) groups excluding carboxylic acids is 1. The number of nitrogens with zero attached hydrogens (tertiary/aromatic N) is 3. The van der Waals surface area contributed by atoms with Gasteiger partial charge in [-0.3, -0.25) is 4.79 Å². The van der Waals surface area contributed by atoms with Crippen LogP contribution in [0.15, 0.2) is 49.2 Å². The van der Waals surface area contributed by atoms with Crippen LogP contribution in [-0.4, -0.2) is 33.2 Å². The number of benzene rings is 1. The summed E-state index contributed by atoms with van der Waals surface area (Å²) >= 11 is 0. The quantitative estimate of drug-likeness (QED) is 0.686. The fourth-order valence-electron chi connectivity index (χ4n) is 2.81. The molecule has 0 atom stereocenters. The lowest BCUT2D eigenvalue weighted by atomic mass is 10.2. The summed E-state index contributed by atoms with van der Waals surface area (Å²) in [6.07, 6.45) is 7.38. The van der Waals surface area contributed by atoms with E-state index in [1.807, 2.05) is 29.0 Å². The van der Waals surface area contributed by atoms with E-state index in [1.54, 1.807) is 12.5 Å². The highest BCUT2D eigenvalue weighted by Gasteiger charge is 2.09. The van der Waals surface area contributed by atoms with Crippen LogP contribution in [0.1, 0.15) is 13.8 Å². The van der Waals surface area contributed by atoms with E-state index in [4.69, 9.17) is 4.74 Å². The van der Waals surface area contributed by atoms with Crippen LogP contribution in [0.2, 0.25) is 0 Å². The maximum atomic E-state index is 12.0. The average Bonchev–Trinajstić information content (AvgIpc) is 3.23. The molecule has 1 aromatic carbocycles. The fourth-order valence-corrected chi connectivity index (χ4v) is 2.81. The molecule has 25 heavy (non-hydrogen) atoms. The molecule has 3 aromatic rings. The molecule has 3 rings (SSSR count). The predicted molar refractivity (Wildman–Crippen MR) is 97.5 cm³/mol. The van der Waals surface area contributed by atoms with E-state index in [2.05, 4.69) is 41.0 Å². The van der Waals surface area contributed by atoms with E-state index in [-0.39, 0.29) is 12.5 Å². The van der Waals surface area contributed by atoms with Crippen molar-refractivity contribution in [1.82, 2.24) is 19.4 Å². The second kappa shape index (κ2) is 7.88. The molecule has 0 aliphatic rings. The largest absolute Gasteiger partial charge is 0.483 e. The van der Waals surface area contributed by atoms with Gasteiger partial charge in [0.15, 0.2) is 6.61 Å². The molecule has 6 heteroatoms. The SMILES string of the molecule is CC(C)Cn1ccc2c(OCC(=O)NCCn3ccnc3)cccc21. The Kier molecular flexibility index (Phi) is 5.38. The second-order valence-corrected chi connectivity index (χ2v) is 6.49. The molecule has 6 nitrogen and oxygen atoms in total. The topological polar surface area (TPSA) is 61.1 Å². The summed E-state index contributed by atoms with van der Waals surface area (Å²) in [4.78, 5) is 15.9.